The van der Waals surface area contributed by atoms with Gasteiger partial charge in [0, 0.05) is 31.4 Å². The fraction of sp³-hybridized carbons (Fsp3) is 0.286. The Morgan fingerprint density at radius 3 is 2.26 bits per heavy atom. The molecule has 0 bridgehead atoms. The van der Waals surface area contributed by atoms with E-state index in [0.29, 0.717) is 5.69 Å². The maximum absolute atomic E-state index is 13.0. The number of carbonyl (C=O) groups excluding carboxylic acids is 2. The molecule has 34 heavy (non-hydrogen) atoms. The van der Waals surface area contributed by atoms with Crippen LogP contribution in [0.1, 0.15) is 35.6 Å². The van der Waals surface area contributed by atoms with Gasteiger partial charge in [0.2, 0.25) is 0 Å². The van der Waals surface area contributed by atoms with Gasteiger partial charge < -0.3 is 16.0 Å². The number of urea groups is 1. The molecule has 1 fully saturated rings. The Kier molecular flexibility index (Phi) is 7.94. The quantitative estimate of drug-likeness (QED) is 0.485. The number of amides is 3. The van der Waals surface area contributed by atoms with E-state index in [1.807, 2.05) is 60.7 Å². The Hall–Kier alpha value is -3.64. The third-order valence-electron chi connectivity index (χ3n) is 6.12. The van der Waals surface area contributed by atoms with Gasteiger partial charge in [0.05, 0.1) is 0 Å². The first-order valence-corrected chi connectivity index (χ1v) is 11.8. The van der Waals surface area contributed by atoms with E-state index in [1.54, 1.807) is 0 Å². The van der Waals surface area contributed by atoms with Crippen LogP contribution in [0.25, 0.3) is 0 Å². The minimum Gasteiger partial charge on any atom is -0.335 e. The minimum atomic E-state index is -0.789. The van der Waals surface area contributed by atoms with Gasteiger partial charge in [-0.25, -0.2) is 4.79 Å². The standard InChI is InChI=1S/C28H32N4O2/c1-21-9-8-10-22(19-21)20-32-17-15-25(16-18-32)30-28(34)31-26(23-11-4-2-5-12-23)27(33)29-24-13-6-3-7-14-24/h2-14,19,25-26H,15-18,20H2,1H3,(H,29,33)(H2,30,31,34). The first-order chi connectivity index (χ1) is 16.6. The molecule has 0 aromatic heterocycles. The van der Waals surface area contributed by atoms with Crippen molar-refractivity contribution in [1.82, 2.24) is 15.5 Å². The molecule has 3 N–H and O–H groups in total. The smallest absolute Gasteiger partial charge is 0.315 e. The van der Waals surface area contributed by atoms with Gasteiger partial charge in [-0.05, 0) is 43.0 Å². The van der Waals surface area contributed by atoms with Crippen molar-refractivity contribution in [3.63, 3.8) is 0 Å². The van der Waals surface area contributed by atoms with Crippen LogP contribution < -0.4 is 16.0 Å². The fourth-order valence-electron chi connectivity index (χ4n) is 4.34. The molecule has 3 aromatic rings. The third-order valence-corrected chi connectivity index (χ3v) is 6.12. The molecular weight excluding hydrogens is 424 g/mol. The number of benzene rings is 3. The van der Waals surface area contributed by atoms with Crippen molar-refractivity contribution in [1.29, 1.82) is 0 Å². The summed E-state index contributed by atoms with van der Waals surface area (Å²) in [7, 11) is 0. The Labute approximate surface area is 201 Å². The lowest BCUT2D eigenvalue weighted by Gasteiger charge is -2.32. The second kappa shape index (κ2) is 11.5. The monoisotopic (exact) mass is 456 g/mol. The highest BCUT2D eigenvalue weighted by Gasteiger charge is 2.25. The maximum Gasteiger partial charge on any atom is 0.315 e. The van der Waals surface area contributed by atoms with Crippen molar-refractivity contribution < 1.29 is 9.59 Å². The van der Waals surface area contributed by atoms with Crippen LogP contribution in [0.4, 0.5) is 10.5 Å². The van der Waals surface area contributed by atoms with Crippen LogP contribution in [0.15, 0.2) is 84.9 Å². The molecule has 6 heteroatoms. The van der Waals surface area contributed by atoms with Crippen molar-refractivity contribution in [2.45, 2.75) is 38.4 Å². The Morgan fingerprint density at radius 2 is 1.59 bits per heavy atom. The van der Waals surface area contributed by atoms with Crippen molar-refractivity contribution in [2.75, 3.05) is 18.4 Å². The van der Waals surface area contributed by atoms with Crippen molar-refractivity contribution in [2.24, 2.45) is 0 Å². The van der Waals surface area contributed by atoms with Crippen LogP contribution in [0.2, 0.25) is 0 Å². The maximum atomic E-state index is 13.0. The van der Waals surface area contributed by atoms with Crippen LogP contribution in [0.3, 0.4) is 0 Å². The third kappa shape index (κ3) is 6.68. The number of likely N-dealkylation sites (tertiary alicyclic amines) is 1. The Balaban J connectivity index is 1.32. The molecule has 0 spiro atoms. The first-order valence-electron chi connectivity index (χ1n) is 11.8. The van der Waals surface area contributed by atoms with Gasteiger partial charge in [-0.1, -0.05) is 78.4 Å². The summed E-state index contributed by atoms with van der Waals surface area (Å²) in [5.41, 5.74) is 4.02. The highest BCUT2D eigenvalue weighted by Crippen LogP contribution is 2.18. The number of hydrogen-bond acceptors (Lipinski definition) is 3. The van der Waals surface area contributed by atoms with Crippen molar-refractivity contribution in [3.8, 4) is 0 Å². The molecule has 0 aliphatic carbocycles. The van der Waals surface area contributed by atoms with Crippen LogP contribution in [0, 0.1) is 6.92 Å². The number of nitrogens with zero attached hydrogens (tertiary/aromatic N) is 1. The lowest BCUT2D eigenvalue weighted by Crippen LogP contribution is -2.49. The second-order valence-electron chi connectivity index (χ2n) is 8.86. The number of piperidine rings is 1. The molecule has 1 aliphatic rings. The van der Waals surface area contributed by atoms with Crippen LogP contribution in [-0.4, -0.2) is 36.0 Å². The molecule has 3 aromatic carbocycles. The van der Waals surface area contributed by atoms with E-state index in [9.17, 15) is 9.59 Å². The van der Waals surface area contributed by atoms with Crippen LogP contribution in [0.5, 0.6) is 0 Å². The van der Waals surface area contributed by atoms with Crippen LogP contribution in [-0.2, 0) is 11.3 Å². The summed E-state index contributed by atoms with van der Waals surface area (Å²) in [5, 5.41) is 8.85. The predicted molar refractivity (Wildman–Crippen MR) is 135 cm³/mol. The molecule has 176 valence electrons. The SMILES string of the molecule is Cc1cccc(CN2CCC(NC(=O)NC(C(=O)Nc3ccccc3)c3ccccc3)CC2)c1. The molecule has 1 aliphatic heterocycles. The summed E-state index contributed by atoms with van der Waals surface area (Å²) in [6, 6.07) is 26.1. The average molecular weight is 457 g/mol. The van der Waals surface area contributed by atoms with Crippen LogP contribution >= 0.6 is 0 Å². The topological polar surface area (TPSA) is 73.5 Å². The fourth-order valence-corrected chi connectivity index (χ4v) is 4.34. The zero-order valence-electron chi connectivity index (χ0n) is 19.5. The number of hydrogen-bond donors (Lipinski definition) is 3. The summed E-state index contributed by atoms with van der Waals surface area (Å²) in [6.45, 7) is 4.89. The van der Waals surface area contributed by atoms with E-state index in [2.05, 4.69) is 52.0 Å². The van der Waals surface area contributed by atoms with Gasteiger partial charge in [0.25, 0.3) is 5.91 Å². The number of carbonyl (C=O) groups is 2. The van der Waals surface area contributed by atoms with E-state index in [1.165, 1.54) is 11.1 Å². The van der Waals surface area contributed by atoms with E-state index < -0.39 is 6.04 Å². The second-order valence-corrected chi connectivity index (χ2v) is 8.86. The van der Waals surface area contributed by atoms with Crippen molar-refractivity contribution >= 4 is 17.6 Å². The summed E-state index contributed by atoms with van der Waals surface area (Å²) >= 11 is 0. The molecule has 0 radical (unpaired) electrons. The van der Waals surface area contributed by atoms with Gasteiger partial charge in [-0.2, -0.15) is 0 Å². The zero-order valence-corrected chi connectivity index (χ0v) is 19.5. The summed E-state index contributed by atoms with van der Waals surface area (Å²) in [5.74, 6) is -0.277. The van der Waals surface area contributed by atoms with Gasteiger partial charge in [0.1, 0.15) is 6.04 Å². The van der Waals surface area contributed by atoms with Gasteiger partial charge in [0.15, 0.2) is 0 Å². The van der Waals surface area contributed by atoms with Crippen molar-refractivity contribution in [3.05, 3.63) is 102 Å². The Bertz CT molecular complexity index is 1080. The number of rotatable bonds is 7. The van der Waals surface area contributed by atoms with E-state index in [4.69, 9.17) is 0 Å². The molecule has 1 atom stereocenters. The first kappa shape index (κ1) is 23.5. The number of aryl methyl sites for hydroxylation is 1. The highest BCUT2D eigenvalue weighted by molar-refractivity contribution is 5.97. The van der Waals surface area contributed by atoms with Gasteiger partial charge >= 0.3 is 6.03 Å². The molecule has 6 nitrogen and oxygen atoms in total. The van der Waals surface area contributed by atoms with E-state index >= 15 is 0 Å². The Morgan fingerprint density at radius 1 is 0.912 bits per heavy atom. The lowest BCUT2D eigenvalue weighted by molar-refractivity contribution is -0.118. The molecule has 1 heterocycles. The lowest BCUT2D eigenvalue weighted by atomic mass is 10.0. The number of anilines is 1. The molecule has 3 amide bonds. The molecule has 0 saturated carbocycles. The van der Waals surface area contributed by atoms with E-state index in [-0.39, 0.29) is 18.0 Å². The molecular formula is C28H32N4O2. The molecule has 1 saturated heterocycles. The van der Waals surface area contributed by atoms with E-state index in [0.717, 1.165) is 38.0 Å². The normalized spacial score (nSPS) is 15.3. The minimum absolute atomic E-state index is 0.0855. The van der Waals surface area contributed by atoms with Gasteiger partial charge in [-0.15, -0.1) is 0 Å². The molecule has 4 rings (SSSR count). The average Bonchev–Trinajstić information content (AvgIpc) is 2.85. The highest BCUT2D eigenvalue weighted by atomic mass is 16.2. The summed E-state index contributed by atoms with van der Waals surface area (Å²) in [4.78, 5) is 28.3. The zero-order chi connectivity index (χ0) is 23.8. The number of para-hydroxylation sites is 1. The molecule has 1 unspecified atom stereocenters. The predicted octanol–water partition coefficient (Wildman–Crippen LogP) is 4.64. The summed E-state index contributed by atoms with van der Waals surface area (Å²) < 4.78 is 0. The summed E-state index contributed by atoms with van der Waals surface area (Å²) in [6.07, 6.45) is 1.76. The largest absolute Gasteiger partial charge is 0.335 e. The van der Waals surface area contributed by atoms with Gasteiger partial charge in [-0.3, -0.25) is 9.69 Å². The number of nitrogens with one attached hydrogen (secondary N) is 3.